The number of unbranched alkanes of at least 4 members (excludes halogenated alkanes) is 14. The lowest BCUT2D eigenvalue weighted by atomic mass is 10.1. The molecule has 0 aromatic carbocycles. The smallest absolute Gasteiger partial charge is 0.306 e. The number of likely N-dealkylation sites (N-methyl/N-ethyl adjacent to an activating group) is 1. The Bertz CT molecular complexity index is 1090. The lowest BCUT2D eigenvalue weighted by Crippen LogP contribution is -2.55. The third kappa shape index (κ3) is 36.4. The largest absolute Gasteiger partial charge is 0.544 e. The van der Waals surface area contributed by atoms with Crippen LogP contribution in [0.15, 0.2) is 60.8 Å². The summed E-state index contributed by atoms with van der Waals surface area (Å²) < 4.78 is 17.1. The molecule has 55 heavy (non-hydrogen) atoms. The Balaban J connectivity index is 4.39. The second kappa shape index (κ2) is 37.9. The summed E-state index contributed by atoms with van der Waals surface area (Å²) in [6.45, 7) is 4.50. The van der Waals surface area contributed by atoms with E-state index in [2.05, 4.69) is 74.6 Å². The van der Waals surface area contributed by atoms with E-state index in [4.69, 9.17) is 14.2 Å². The predicted molar refractivity (Wildman–Crippen MR) is 226 cm³/mol. The van der Waals surface area contributed by atoms with Crippen LogP contribution in [-0.2, 0) is 28.6 Å². The van der Waals surface area contributed by atoms with Crippen LogP contribution < -0.4 is 5.11 Å². The topological polar surface area (TPSA) is 102 Å². The van der Waals surface area contributed by atoms with Crippen molar-refractivity contribution < 1.29 is 38.2 Å². The van der Waals surface area contributed by atoms with E-state index in [1.165, 1.54) is 51.4 Å². The first-order chi connectivity index (χ1) is 26.6. The first-order valence-electron chi connectivity index (χ1n) is 21.8. The molecular weight excluding hydrogens is 691 g/mol. The third-order valence-corrected chi connectivity index (χ3v) is 9.42. The summed E-state index contributed by atoms with van der Waals surface area (Å²) >= 11 is 0. The molecule has 0 heterocycles. The van der Waals surface area contributed by atoms with Gasteiger partial charge in [0.25, 0.3) is 0 Å². The fourth-order valence-electron chi connectivity index (χ4n) is 6.04. The molecule has 8 nitrogen and oxygen atoms in total. The first kappa shape index (κ1) is 52.0. The molecule has 0 radical (unpaired) electrons. The van der Waals surface area contributed by atoms with Crippen LogP contribution in [0.3, 0.4) is 0 Å². The maximum atomic E-state index is 12.7. The number of aliphatic carboxylic acids is 1. The fourth-order valence-corrected chi connectivity index (χ4v) is 6.04. The van der Waals surface area contributed by atoms with E-state index < -0.39 is 18.1 Å². The van der Waals surface area contributed by atoms with Crippen LogP contribution in [0.2, 0.25) is 0 Å². The quantitative estimate of drug-likeness (QED) is 0.0266. The van der Waals surface area contributed by atoms with Crippen LogP contribution in [0.25, 0.3) is 0 Å². The van der Waals surface area contributed by atoms with E-state index in [0.29, 0.717) is 12.8 Å². The maximum absolute atomic E-state index is 12.7. The maximum Gasteiger partial charge on any atom is 0.306 e. The normalized spacial score (nSPS) is 13.5. The molecule has 0 N–H and O–H groups in total. The van der Waals surface area contributed by atoms with Gasteiger partial charge in [0, 0.05) is 19.3 Å². The number of carbonyl (C=O) groups excluding carboxylic acids is 3. The van der Waals surface area contributed by atoms with Gasteiger partial charge in [0.2, 0.25) is 0 Å². The Kier molecular flexibility index (Phi) is 35.9. The SMILES string of the molecule is CC/C=C/C/C=C/C/C=C/C/C=C/C/C=C/CCCCCCC(=O)OC(COCCC(C(=O)[O-])[N+](C)(C)C)COC(=O)CCCCCCCCCCCCC. The van der Waals surface area contributed by atoms with E-state index in [9.17, 15) is 19.5 Å². The molecule has 316 valence electrons. The van der Waals surface area contributed by atoms with Gasteiger partial charge in [-0.1, -0.05) is 152 Å². The zero-order valence-corrected chi connectivity index (χ0v) is 35.8. The van der Waals surface area contributed by atoms with Gasteiger partial charge in [0.1, 0.15) is 12.6 Å². The highest BCUT2D eigenvalue weighted by molar-refractivity contribution is 5.70. The minimum absolute atomic E-state index is 0.0294. The van der Waals surface area contributed by atoms with Crippen LogP contribution in [0.1, 0.15) is 168 Å². The van der Waals surface area contributed by atoms with Crippen molar-refractivity contribution in [3.63, 3.8) is 0 Å². The Morgan fingerprint density at radius 3 is 1.51 bits per heavy atom. The number of carboxylic acid groups (broad SMARTS) is 1. The number of allylic oxidation sites excluding steroid dienone is 10. The summed E-state index contributed by atoms with van der Waals surface area (Å²) in [5.74, 6) is -1.77. The number of ether oxygens (including phenoxy) is 3. The van der Waals surface area contributed by atoms with Gasteiger partial charge in [-0.15, -0.1) is 0 Å². The summed E-state index contributed by atoms with van der Waals surface area (Å²) in [5.41, 5.74) is 0. The number of esters is 2. The van der Waals surface area contributed by atoms with Crippen LogP contribution >= 0.6 is 0 Å². The summed E-state index contributed by atoms with van der Waals surface area (Å²) in [7, 11) is 5.39. The minimum Gasteiger partial charge on any atom is -0.544 e. The van der Waals surface area contributed by atoms with E-state index in [-0.39, 0.29) is 42.7 Å². The Labute approximate surface area is 337 Å². The van der Waals surface area contributed by atoms with Gasteiger partial charge in [-0.3, -0.25) is 9.59 Å². The summed E-state index contributed by atoms with van der Waals surface area (Å²) in [4.78, 5) is 36.8. The third-order valence-electron chi connectivity index (χ3n) is 9.42. The predicted octanol–water partition coefficient (Wildman–Crippen LogP) is 10.5. The van der Waals surface area contributed by atoms with Crippen LogP contribution in [0, 0.1) is 0 Å². The van der Waals surface area contributed by atoms with Crippen molar-refractivity contribution in [2.75, 3.05) is 41.0 Å². The molecule has 0 rings (SSSR count). The fraction of sp³-hybridized carbons (Fsp3) is 0.723. The van der Waals surface area contributed by atoms with Gasteiger partial charge in [-0.05, 0) is 57.8 Å². The number of carboxylic acids is 1. The Morgan fingerprint density at radius 2 is 1.02 bits per heavy atom. The molecule has 0 aliphatic carbocycles. The molecule has 2 atom stereocenters. The molecule has 0 aromatic rings. The van der Waals surface area contributed by atoms with Crippen molar-refractivity contribution in [1.29, 1.82) is 0 Å². The van der Waals surface area contributed by atoms with Crippen molar-refractivity contribution in [3.05, 3.63) is 60.8 Å². The van der Waals surface area contributed by atoms with Crippen molar-refractivity contribution in [1.82, 2.24) is 0 Å². The molecule has 2 unspecified atom stereocenters. The molecule has 0 fully saturated rings. The van der Waals surface area contributed by atoms with Gasteiger partial charge in [0.05, 0.1) is 40.3 Å². The highest BCUT2D eigenvalue weighted by Crippen LogP contribution is 2.14. The Hall–Kier alpha value is -2.97. The molecule has 0 aliphatic rings. The van der Waals surface area contributed by atoms with Crippen LogP contribution in [-0.4, -0.2) is 75.5 Å². The second-order valence-electron chi connectivity index (χ2n) is 15.6. The highest BCUT2D eigenvalue weighted by Gasteiger charge is 2.25. The minimum atomic E-state index is -1.13. The molecule has 0 bridgehead atoms. The van der Waals surface area contributed by atoms with Gasteiger partial charge in [-0.2, -0.15) is 0 Å². The standard InChI is InChI=1S/C47H81NO7/c1-6-8-10-12-14-16-18-19-20-21-22-23-24-25-26-28-30-32-34-36-38-46(50)55-43(41-53-40-39-44(47(51)52)48(3,4)5)42-54-45(49)37-35-33-31-29-27-17-15-13-11-9-7-2/h8,10,14,16,19-20,22-23,25-26,43-44H,6-7,9,11-13,15,17-18,21,24,27-42H2,1-5H3/b10-8+,16-14+,20-19+,23-22+,26-25+. The number of hydrogen-bond donors (Lipinski definition) is 0. The van der Waals surface area contributed by atoms with E-state index in [1.807, 2.05) is 0 Å². The van der Waals surface area contributed by atoms with Gasteiger partial charge in [-0.25, -0.2) is 0 Å². The molecule has 0 aromatic heterocycles. The van der Waals surface area contributed by atoms with Crippen molar-refractivity contribution in [2.45, 2.75) is 180 Å². The van der Waals surface area contributed by atoms with Crippen molar-refractivity contribution in [3.8, 4) is 0 Å². The van der Waals surface area contributed by atoms with Crippen molar-refractivity contribution >= 4 is 17.9 Å². The average Bonchev–Trinajstić information content (AvgIpc) is 3.14. The van der Waals surface area contributed by atoms with E-state index in [1.54, 1.807) is 21.1 Å². The summed E-state index contributed by atoms with van der Waals surface area (Å²) in [6, 6.07) is -0.731. The molecule has 0 saturated heterocycles. The van der Waals surface area contributed by atoms with Gasteiger partial charge < -0.3 is 28.6 Å². The molecule has 0 saturated carbocycles. The molecular formula is C47H81NO7. The van der Waals surface area contributed by atoms with E-state index in [0.717, 1.165) is 83.5 Å². The Morgan fingerprint density at radius 1 is 0.564 bits per heavy atom. The molecule has 8 heteroatoms. The molecule has 0 amide bonds. The lowest BCUT2D eigenvalue weighted by molar-refractivity contribution is -0.889. The lowest BCUT2D eigenvalue weighted by Gasteiger charge is -2.34. The molecule has 0 spiro atoms. The number of quaternary nitrogens is 1. The zero-order chi connectivity index (χ0) is 40.7. The highest BCUT2D eigenvalue weighted by atomic mass is 16.6. The number of nitrogens with zero attached hydrogens (tertiary/aromatic N) is 1. The van der Waals surface area contributed by atoms with E-state index >= 15 is 0 Å². The monoisotopic (exact) mass is 772 g/mol. The number of hydrogen-bond acceptors (Lipinski definition) is 7. The zero-order valence-electron chi connectivity index (χ0n) is 35.8. The van der Waals surface area contributed by atoms with Crippen LogP contribution in [0.4, 0.5) is 0 Å². The van der Waals surface area contributed by atoms with Crippen LogP contribution in [0.5, 0.6) is 0 Å². The first-order valence-corrected chi connectivity index (χ1v) is 21.8. The summed E-state index contributed by atoms with van der Waals surface area (Å²) in [5, 5.41) is 11.6. The number of carbonyl (C=O) groups is 3. The van der Waals surface area contributed by atoms with Crippen molar-refractivity contribution in [2.24, 2.45) is 0 Å². The summed E-state index contributed by atoms with van der Waals surface area (Å²) in [6.07, 6.45) is 45.3. The molecule has 0 aliphatic heterocycles. The second-order valence-corrected chi connectivity index (χ2v) is 15.6. The van der Waals surface area contributed by atoms with Gasteiger partial charge in [0.15, 0.2) is 6.10 Å². The average molecular weight is 772 g/mol. The number of rotatable bonds is 38. The van der Waals surface area contributed by atoms with Gasteiger partial charge >= 0.3 is 11.9 Å².